The van der Waals surface area contributed by atoms with E-state index < -0.39 is 35.4 Å². The second-order valence-corrected chi connectivity index (χ2v) is 7.09. The molecule has 2 heterocycles. The summed E-state index contributed by atoms with van der Waals surface area (Å²) in [5.41, 5.74) is 2.21. The maximum atomic E-state index is 13.4. The quantitative estimate of drug-likeness (QED) is 0.493. The largest absolute Gasteiger partial charge is 0.416 e. The predicted octanol–water partition coefficient (Wildman–Crippen LogP) is 2.76. The molecule has 10 heteroatoms. The molecule has 0 radical (unpaired) electrons. The third kappa shape index (κ3) is 3.45. The second kappa shape index (κ2) is 7.49. The Hall–Kier alpha value is -4.21. The Morgan fingerprint density at radius 2 is 1.78 bits per heavy atom. The fraction of sp³-hybridized carbons (Fsp3) is 0.0909. The van der Waals surface area contributed by atoms with Gasteiger partial charge in [0.1, 0.15) is 0 Å². The lowest BCUT2D eigenvalue weighted by molar-refractivity contribution is -0.137. The molecule has 4 aromatic rings. The van der Waals surface area contributed by atoms with Gasteiger partial charge in [0.15, 0.2) is 0 Å². The molecule has 0 aliphatic heterocycles. The minimum Gasteiger partial charge on any atom is -0.366 e. The number of hydrogen-bond donors (Lipinski definition) is 1. The van der Waals surface area contributed by atoms with Crippen LogP contribution in [0.4, 0.5) is 13.2 Å². The van der Waals surface area contributed by atoms with Crippen molar-refractivity contribution in [3.05, 3.63) is 93.4 Å². The van der Waals surface area contributed by atoms with Crippen molar-refractivity contribution in [2.45, 2.75) is 12.7 Å². The highest BCUT2D eigenvalue weighted by Gasteiger charge is 2.31. The maximum absolute atomic E-state index is 13.4. The lowest BCUT2D eigenvalue weighted by Crippen LogP contribution is -2.40. The number of alkyl halides is 3. The van der Waals surface area contributed by atoms with Crippen LogP contribution >= 0.6 is 0 Å². The minimum absolute atomic E-state index is 0.0835. The first-order valence-electron chi connectivity index (χ1n) is 9.27. The molecule has 0 aliphatic carbocycles. The Morgan fingerprint density at radius 1 is 1.06 bits per heavy atom. The molecule has 32 heavy (non-hydrogen) atoms. The molecule has 2 N–H and O–H groups in total. The molecule has 0 bridgehead atoms. The highest BCUT2D eigenvalue weighted by molar-refractivity contribution is 5.92. The van der Waals surface area contributed by atoms with Gasteiger partial charge in [-0.2, -0.15) is 13.2 Å². The number of pyridine rings is 1. The Bertz CT molecular complexity index is 1530. The van der Waals surface area contributed by atoms with Crippen LogP contribution in [0.1, 0.15) is 5.56 Å². The second-order valence-electron chi connectivity index (χ2n) is 7.09. The van der Waals surface area contributed by atoms with Crippen molar-refractivity contribution in [1.82, 2.24) is 14.1 Å². The van der Waals surface area contributed by atoms with Crippen LogP contribution in [0.3, 0.4) is 0 Å². The summed E-state index contributed by atoms with van der Waals surface area (Å²) in [6.07, 6.45) is -1.90. The molecule has 0 atom stereocenters. The average molecular weight is 440 g/mol. The molecular weight excluding hydrogens is 425 g/mol. The number of nitrogens with zero attached hydrogens (tertiary/aromatic N) is 3. The smallest absolute Gasteiger partial charge is 0.366 e. The first-order chi connectivity index (χ1) is 15.1. The Balaban J connectivity index is 2.15. The fourth-order valence-corrected chi connectivity index (χ4v) is 3.46. The number of primary amides is 1. The number of fused-ring (bicyclic) bond motifs is 2. The molecule has 0 fully saturated rings. The third-order valence-electron chi connectivity index (χ3n) is 5.06. The Kier molecular flexibility index (Phi) is 4.92. The van der Waals surface area contributed by atoms with Crippen LogP contribution in [0.15, 0.2) is 76.6 Å². The summed E-state index contributed by atoms with van der Waals surface area (Å²) in [6, 6.07) is 9.24. The van der Waals surface area contributed by atoms with E-state index in [1.165, 1.54) is 12.4 Å². The van der Waals surface area contributed by atoms with E-state index in [0.717, 1.165) is 21.3 Å². The van der Waals surface area contributed by atoms with Gasteiger partial charge in [0.25, 0.3) is 5.56 Å². The standard InChI is InChI=1S/C22H15F3N4O3/c1-12(19(26)30)11-28-17-7-6-14(22(23,24)25)8-16(17)20(31)29(21(28)32)18-10-27-9-13-4-2-3-5-15(13)18/h2-10H,1,11H2,(H2,26,30). The number of amides is 1. The summed E-state index contributed by atoms with van der Waals surface area (Å²) >= 11 is 0. The van der Waals surface area contributed by atoms with E-state index in [-0.39, 0.29) is 22.2 Å². The molecule has 0 aliphatic rings. The molecule has 2 aromatic heterocycles. The highest BCUT2D eigenvalue weighted by atomic mass is 19.4. The van der Waals surface area contributed by atoms with Gasteiger partial charge in [-0.05, 0) is 18.2 Å². The van der Waals surface area contributed by atoms with Crippen LogP contribution in [-0.2, 0) is 17.5 Å². The Morgan fingerprint density at radius 3 is 2.47 bits per heavy atom. The molecule has 162 valence electrons. The third-order valence-corrected chi connectivity index (χ3v) is 5.06. The summed E-state index contributed by atoms with van der Waals surface area (Å²) in [5, 5.41) is 0.756. The number of rotatable bonds is 4. The van der Waals surface area contributed by atoms with Gasteiger partial charge in [-0.25, -0.2) is 9.36 Å². The van der Waals surface area contributed by atoms with Gasteiger partial charge in [0.05, 0.1) is 34.9 Å². The van der Waals surface area contributed by atoms with Crippen LogP contribution < -0.4 is 17.0 Å². The molecule has 7 nitrogen and oxygen atoms in total. The van der Waals surface area contributed by atoms with E-state index in [9.17, 15) is 27.6 Å². The molecule has 2 aromatic carbocycles. The molecular formula is C22H15F3N4O3. The SMILES string of the molecule is C=C(Cn1c(=O)n(-c2cncc3ccccc23)c(=O)c2cc(C(F)(F)F)ccc21)C(N)=O. The number of aromatic nitrogens is 3. The van der Waals surface area contributed by atoms with Crippen LogP contribution in [-0.4, -0.2) is 20.0 Å². The summed E-state index contributed by atoms with van der Waals surface area (Å²) in [7, 11) is 0. The number of carbonyl (C=O) groups excluding carboxylic acids is 1. The summed E-state index contributed by atoms with van der Waals surface area (Å²) in [4.78, 5) is 42.2. The molecule has 0 saturated heterocycles. The highest BCUT2D eigenvalue weighted by Crippen LogP contribution is 2.30. The van der Waals surface area contributed by atoms with E-state index in [1.54, 1.807) is 24.3 Å². The van der Waals surface area contributed by atoms with Gasteiger partial charge in [0, 0.05) is 22.5 Å². The maximum Gasteiger partial charge on any atom is 0.416 e. The molecule has 0 spiro atoms. The topological polar surface area (TPSA) is 100.0 Å². The number of benzene rings is 2. The lowest BCUT2D eigenvalue weighted by atomic mass is 10.1. The molecule has 0 saturated carbocycles. The number of carbonyl (C=O) groups is 1. The fourth-order valence-electron chi connectivity index (χ4n) is 3.46. The first kappa shape index (κ1) is 21.0. The first-order valence-corrected chi connectivity index (χ1v) is 9.27. The lowest BCUT2D eigenvalue weighted by Gasteiger charge is -2.16. The van der Waals surface area contributed by atoms with E-state index in [0.29, 0.717) is 16.8 Å². The number of halogens is 3. The van der Waals surface area contributed by atoms with Gasteiger partial charge in [-0.1, -0.05) is 30.8 Å². The van der Waals surface area contributed by atoms with Gasteiger partial charge in [-0.15, -0.1) is 0 Å². The van der Waals surface area contributed by atoms with Crippen molar-refractivity contribution in [3.8, 4) is 5.69 Å². The normalized spacial score (nSPS) is 11.7. The van der Waals surface area contributed by atoms with Gasteiger partial charge in [-0.3, -0.25) is 19.1 Å². The van der Waals surface area contributed by atoms with Gasteiger partial charge in [0.2, 0.25) is 5.91 Å². The average Bonchev–Trinajstić information content (AvgIpc) is 2.75. The van der Waals surface area contributed by atoms with E-state index in [4.69, 9.17) is 5.73 Å². The Labute approximate surface area is 177 Å². The summed E-state index contributed by atoms with van der Waals surface area (Å²) in [5.74, 6) is -0.887. The van der Waals surface area contributed by atoms with Crippen molar-refractivity contribution in [2.75, 3.05) is 0 Å². The zero-order valence-electron chi connectivity index (χ0n) is 16.4. The monoisotopic (exact) mass is 440 g/mol. The minimum atomic E-state index is -4.70. The van der Waals surface area contributed by atoms with Crippen molar-refractivity contribution >= 4 is 27.6 Å². The van der Waals surface area contributed by atoms with Crippen LogP contribution in [0.2, 0.25) is 0 Å². The zero-order valence-corrected chi connectivity index (χ0v) is 16.4. The number of nitrogens with two attached hydrogens (primary N) is 1. The summed E-state index contributed by atoms with van der Waals surface area (Å²) < 4.78 is 41.7. The molecule has 4 rings (SSSR count). The van der Waals surface area contributed by atoms with Crippen LogP contribution in [0.5, 0.6) is 0 Å². The van der Waals surface area contributed by atoms with Gasteiger partial charge >= 0.3 is 11.9 Å². The number of hydrogen-bond acceptors (Lipinski definition) is 4. The van der Waals surface area contributed by atoms with Crippen molar-refractivity contribution in [2.24, 2.45) is 5.73 Å². The van der Waals surface area contributed by atoms with Crippen molar-refractivity contribution < 1.29 is 18.0 Å². The van der Waals surface area contributed by atoms with E-state index in [2.05, 4.69) is 11.6 Å². The van der Waals surface area contributed by atoms with E-state index in [1.807, 2.05) is 0 Å². The summed E-state index contributed by atoms with van der Waals surface area (Å²) in [6.45, 7) is 3.11. The van der Waals surface area contributed by atoms with E-state index >= 15 is 0 Å². The zero-order chi connectivity index (χ0) is 23.2. The molecule has 1 amide bonds. The predicted molar refractivity (Wildman–Crippen MR) is 112 cm³/mol. The van der Waals surface area contributed by atoms with Crippen LogP contribution in [0.25, 0.3) is 27.4 Å². The van der Waals surface area contributed by atoms with Gasteiger partial charge < -0.3 is 5.73 Å². The molecule has 0 unspecified atom stereocenters. The van der Waals surface area contributed by atoms with Crippen LogP contribution in [0, 0.1) is 0 Å². The van der Waals surface area contributed by atoms with Crippen molar-refractivity contribution in [1.29, 1.82) is 0 Å². The van der Waals surface area contributed by atoms with Crippen molar-refractivity contribution in [3.63, 3.8) is 0 Å².